The Morgan fingerprint density at radius 2 is 2.21 bits per heavy atom. The van der Waals surface area contributed by atoms with Crippen LogP contribution in [0.3, 0.4) is 0 Å². The van der Waals surface area contributed by atoms with Crippen molar-refractivity contribution in [2.75, 3.05) is 5.32 Å². The molecule has 1 heterocycles. The van der Waals surface area contributed by atoms with E-state index in [1.807, 2.05) is 17.7 Å². The summed E-state index contributed by atoms with van der Waals surface area (Å²) < 4.78 is 1.94. The average Bonchev–Trinajstić information content (AvgIpc) is 2.77. The first kappa shape index (κ1) is 13.4. The number of halogens is 1. The van der Waals surface area contributed by atoms with Gasteiger partial charge in [0.25, 0.3) is 0 Å². The minimum absolute atomic E-state index is 0.587. The van der Waals surface area contributed by atoms with E-state index in [0.717, 1.165) is 23.6 Å². The Balaban J connectivity index is 2.18. The normalized spacial score (nSPS) is 10.2. The lowest BCUT2D eigenvalue weighted by Gasteiger charge is -2.09. The fourth-order valence-corrected chi connectivity index (χ4v) is 2.13. The maximum atomic E-state index is 9.06. The number of anilines is 1. The summed E-state index contributed by atoms with van der Waals surface area (Å²) in [5.74, 6) is 0. The smallest absolute Gasteiger partial charge is 0.101 e. The molecule has 0 bridgehead atoms. The van der Waals surface area contributed by atoms with Gasteiger partial charge in [0.15, 0.2) is 0 Å². The van der Waals surface area contributed by atoms with Crippen molar-refractivity contribution in [3.63, 3.8) is 0 Å². The minimum atomic E-state index is 0.587. The Morgan fingerprint density at radius 3 is 2.89 bits per heavy atom. The number of nitriles is 1. The molecule has 0 amide bonds. The van der Waals surface area contributed by atoms with Gasteiger partial charge in [0.1, 0.15) is 6.07 Å². The zero-order chi connectivity index (χ0) is 13.8. The van der Waals surface area contributed by atoms with E-state index in [4.69, 9.17) is 16.9 Å². The molecule has 0 atom stereocenters. The van der Waals surface area contributed by atoms with Crippen LogP contribution < -0.4 is 5.32 Å². The van der Waals surface area contributed by atoms with Gasteiger partial charge in [0.05, 0.1) is 29.2 Å². The predicted octanol–water partition coefficient (Wildman–Crippen LogP) is 3.35. The van der Waals surface area contributed by atoms with Crippen LogP contribution in [-0.4, -0.2) is 9.78 Å². The highest BCUT2D eigenvalue weighted by atomic mass is 35.5. The van der Waals surface area contributed by atoms with Crippen molar-refractivity contribution < 1.29 is 0 Å². The molecule has 0 saturated heterocycles. The second-order valence-electron chi connectivity index (χ2n) is 4.25. The zero-order valence-corrected chi connectivity index (χ0v) is 11.7. The van der Waals surface area contributed by atoms with Crippen molar-refractivity contribution in [3.8, 4) is 6.07 Å². The van der Waals surface area contributed by atoms with Gasteiger partial charge in [-0.15, -0.1) is 0 Å². The number of hydrogen-bond donors (Lipinski definition) is 1. The van der Waals surface area contributed by atoms with Crippen molar-refractivity contribution in [3.05, 3.63) is 46.2 Å². The van der Waals surface area contributed by atoms with Gasteiger partial charge >= 0.3 is 0 Å². The SMILES string of the molecule is CCn1nc(C)cc1CNc1cc(Cl)ccc1C#N. The fraction of sp³-hybridized carbons (Fsp3) is 0.286. The standard InChI is InChI=1S/C14H15ClN4/c1-3-19-13(6-10(2)18-19)9-17-14-7-12(15)5-4-11(14)8-16/h4-7,17H,3,9H2,1-2H3. The number of nitrogens with zero attached hydrogens (tertiary/aromatic N) is 3. The molecule has 5 heteroatoms. The van der Waals surface area contributed by atoms with Crippen molar-refractivity contribution in [1.29, 1.82) is 5.26 Å². The molecule has 98 valence electrons. The lowest BCUT2D eigenvalue weighted by atomic mass is 10.2. The van der Waals surface area contributed by atoms with Crippen LogP contribution in [0.15, 0.2) is 24.3 Å². The van der Waals surface area contributed by atoms with Crippen LogP contribution in [-0.2, 0) is 13.1 Å². The highest BCUT2D eigenvalue weighted by Gasteiger charge is 2.06. The summed E-state index contributed by atoms with van der Waals surface area (Å²) in [6.45, 7) is 5.46. The summed E-state index contributed by atoms with van der Waals surface area (Å²) in [5, 5.41) is 17.3. The number of nitrogens with one attached hydrogen (secondary N) is 1. The summed E-state index contributed by atoms with van der Waals surface area (Å²) in [6, 6.07) is 9.38. The third kappa shape index (κ3) is 3.07. The van der Waals surface area contributed by atoms with E-state index in [1.165, 1.54) is 0 Å². The number of hydrogen-bond acceptors (Lipinski definition) is 3. The Kier molecular flexibility index (Phi) is 4.08. The van der Waals surface area contributed by atoms with Gasteiger partial charge in [-0.1, -0.05) is 11.6 Å². The molecule has 0 radical (unpaired) electrons. The molecule has 1 aromatic carbocycles. The Hall–Kier alpha value is -1.99. The number of aryl methyl sites for hydroxylation is 2. The molecule has 0 saturated carbocycles. The summed E-state index contributed by atoms with van der Waals surface area (Å²) in [5.41, 5.74) is 3.41. The Morgan fingerprint density at radius 1 is 1.42 bits per heavy atom. The first-order chi connectivity index (χ1) is 9.13. The van der Waals surface area contributed by atoms with E-state index in [1.54, 1.807) is 18.2 Å². The van der Waals surface area contributed by atoms with Crippen LogP contribution in [0.4, 0.5) is 5.69 Å². The summed E-state index contributed by atoms with van der Waals surface area (Å²) in [4.78, 5) is 0. The fourth-order valence-electron chi connectivity index (χ4n) is 1.96. The van der Waals surface area contributed by atoms with Crippen molar-refractivity contribution in [1.82, 2.24) is 9.78 Å². The molecule has 2 rings (SSSR count). The van der Waals surface area contributed by atoms with Crippen LogP contribution in [0.2, 0.25) is 5.02 Å². The van der Waals surface area contributed by atoms with E-state index in [-0.39, 0.29) is 0 Å². The second kappa shape index (κ2) is 5.77. The molecule has 19 heavy (non-hydrogen) atoms. The second-order valence-corrected chi connectivity index (χ2v) is 4.68. The summed E-state index contributed by atoms with van der Waals surface area (Å²) in [6.07, 6.45) is 0. The van der Waals surface area contributed by atoms with Crippen LogP contribution in [0, 0.1) is 18.3 Å². The quantitative estimate of drug-likeness (QED) is 0.930. The van der Waals surface area contributed by atoms with E-state index in [0.29, 0.717) is 17.1 Å². The third-order valence-electron chi connectivity index (χ3n) is 2.85. The number of aromatic nitrogens is 2. The lowest BCUT2D eigenvalue weighted by molar-refractivity contribution is 0.623. The van der Waals surface area contributed by atoms with Gasteiger partial charge in [-0.25, -0.2) is 0 Å². The highest BCUT2D eigenvalue weighted by molar-refractivity contribution is 6.30. The van der Waals surface area contributed by atoms with Crippen LogP contribution in [0.1, 0.15) is 23.9 Å². The highest BCUT2D eigenvalue weighted by Crippen LogP contribution is 2.21. The molecular weight excluding hydrogens is 260 g/mol. The number of rotatable bonds is 4. The Bertz CT molecular complexity index is 625. The lowest BCUT2D eigenvalue weighted by Crippen LogP contribution is -2.08. The van der Waals surface area contributed by atoms with Crippen molar-refractivity contribution >= 4 is 17.3 Å². The van der Waals surface area contributed by atoms with Crippen LogP contribution in [0.5, 0.6) is 0 Å². The van der Waals surface area contributed by atoms with E-state index >= 15 is 0 Å². The topological polar surface area (TPSA) is 53.6 Å². The van der Waals surface area contributed by atoms with Gasteiger partial charge in [0, 0.05) is 11.6 Å². The zero-order valence-electron chi connectivity index (χ0n) is 10.9. The molecule has 0 aliphatic carbocycles. The maximum absolute atomic E-state index is 9.06. The molecule has 0 spiro atoms. The molecule has 0 unspecified atom stereocenters. The Labute approximate surface area is 117 Å². The van der Waals surface area contributed by atoms with Crippen LogP contribution >= 0.6 is 11.6 Å². The molecule has 1 aromatic heterocycles. The predicted molar refractivity (Wildman–Crippen MR) is 76.1 cm³/mol. The van der Waals surface area contributed by atoms with Gasteiger partial charge in [-0.2, -0.15) is 10.4 Å². The minimum Gasteiger partial charge on any atom is -0.378 e. The van der Waals surface area contributed by atoms with Crippen LogP contribution in [0.25, 0.3) is 0 Å². The van der Waals surface area contributed by atoms with E-state index in [2.05, 4.69) is 23.4 Å². The van der Waals surface area contributed by atoms with Gasteiger partial charge < -0.3 is 5.32 Å². The summed E-state index contributed by atoms with van der Waals surface area (Å²) in [7, 11) is 0. The molecular formula is C14H15ClN4. The van der Waals surface area contributed by atoms with Crippen molar-refractivity contribution in [2.24, 2.45) is 0 Å². The monoisotopic (exact) mass is 274 g/mol. The average molecular weight is 275 g/mol. The molecule has 0 fully saturated rings. The molecule has 0 aliphatic heterocycles. The van der Waals surface area contributed by atoms with Crippen molar-refractivity contribution in [2.45, 2.75) is 26.9 Å². The first-order valence-corrected chi connectivity index (χ1v) is 6.48. The maximum Gasteiger partial charge on any atom is 0.101 e. The molecule has 2 aromatic rings. The van der Waals surface area contributed by atoms with E-state index < -0.39 is 0 Å². The number of benzene rings is 1. The first-order valence-electron chi connectivity index (χ1n) is 6.11. The largest absolute Gasteiger partial charge is 0.378 e. The summed E-state index contributed by atoms with van der Waals surface area (Å²) >= 11 is 5.95. The van der Waals surface area contributed by atoms with Gasteiger partial charge in [-0.3, -0.25) is 4.68 Å². The molecule has 0 aliphatic rings. The molecule has 1 N–H and O–H groups in total. The van der Waals surface area contributed by atoms with Gasteiger partial charge in [-0.05, 0) is 38.1 Å². The van der Waals surface area contributed by atoms with Gasteiger partial charge in [0.2, 0.25) is 0 Å². The molecule has 4 nitrogen and oxygen atoms in total. The van der Waals surface area contributed by atoms with E-state index in [9.17, 15) is 0 Å². The third-order valence-corrected chi connectivity index (χ3v) is 3.08.